The van der Waals surface area contributed by atoms with Crippen molar-refractivity contribution in [2.45, 2.75) is 90.0 Å². The van der Waals surface area contributed by atoms with Gasteiger partial charge in [-0.25, -0.2) is 9.38 Å². The third-order valence-electron chi connectivity index (χ3n) is 10.8. The summed E-state index contributed by atoms with van der Waals surface area (Å²) in [6.07, 6.45) is -0.0454. The Labute approximate surface area is 324 Å². The maximum Gasteiger partial charge on any atom is 0.418 e. The number of aliphatic imine (C=N–C) groups is 1. The molecule has 1 aromatic heterocycles. The normalized spacial score (nSPS) is 19.1. The molecule has 0 fully saturated rings. The Hall–Kier alpha value is -4.79. The first kappa shape index (κ1) is 41.4. The molecule has 1 aliphatic carbocycles. The number of carbonyl (C=O) groups is 3. The summed E-state index contributed by atoms with van der Waals surface area (Å²) in [6.45, 7) is 8.56. The number of fused-ring (bicyclic) bond motifs is 3. The monoisotopic (exact) mass is 783 g/mol. The molecule has 2 unspecified atom stereocenters. The van der Waals surface area contributed by atoms with Crippen molar-refractivity contribution in [3.05, 3.63) is 82.4 Å². The van der Waals surface area contributed by atoms with Crippen molar-refractivity contribution in [2.75, 3.05) is 20.1 Å². The number of alkyl halides is 3. The minimum atomic E-state index is -4.62. The number of thiocarbonyl (C=S) groups is 1. The van der Waals surface area contributed by atoms with Crippen LogP contribution in [-0.4, -0.2) is 76.7 Å². The zero-order valence-electron chi connectivity index (χ0n) is 31.7. The molecule has 296 valence electrons. The second-order valence-electron chi connectivity index (χ2n) is 14.7. The van der Waals surface area contributed by atoms with Gasteiger partial charge in [0.15, 0.2) is 0 Å². The first-order valence-corrected chi connectivity index (χ1v) is 19.0. The summed E-state index contributed by atoms with van der Waals surface area (Å²) in [6, 6.07) is 7.99. The molecule has 5 rings (SSSR count). The standard InChI is InChI=1S/C40H49F4N7O3S/c1-6-23(3)33(48-32(52)19-25-11-8-9-14-30(25)41)36(53)50-39(17-15-31-28(20-39)27-12-10-13-29(35(27)47-31)40(42,43)44)38(54)49-34(24(4)7-2)37(55)45-21-26-16-18-51(5)22-46-26/h8-14,16,22-24,33-34,47H,6-7,15,17-21H2,1-5H3,(H,45,55)(H,48,52)(H,49,54)(H,50,53)/t23?,24?,33-,34-,39+/m0/s1. The second kappa shape index (κ2) is 17.3. The van der Waals surface area contributed by atoms with Gasteiger partial charge in [0.25, 0.3) is 0 Å². The van der Waals surface area contributed by atoms with Gasteiger partial charge < -0.3 is 31.2 Å². The number of likely N-dealkylation sites (N-methyl/N-ethyl adjacent to an activating group) is 1. The van der Waals surface area contributed by atoms with Crippen LogP contribution in [0.5, 0.6) is 0 Å². The van der Waals surface area contributed by atoms with E-state index in [2.05, 4.69) is 31.2 Å². The highest BCUT2D eigenvalue weighted by Gasteiger charge is 2.47. The van der Waals surface area contributed by atoms with Gasteiger partial charge in [0.1, 0.15) is 17.4 Å². The van der Waals surface area contributed by atoms with Crippen LogP contribution < -0.4 is 21.3 Å². The molecule has 0 bridgehead atoms. The second-order valence-corrected chi connectivity index (χ2v) is 15.1. The number of amides is 3. The number of aromatic amines is 1. The zero-order chi connectivity index (χ0) is 40.1. The molecule has 10 nitrogen and oxygen atoms in total. The van der Waals surface area contributed by atoms with Crippen LogP contribution in [0.3, 0.4) is 0 Å². The van der Waals surface area contributed by atoms with Crippen LogP contribution >= 0.6 is 12.2 Å². The van der Waals surface area contributed by atoms with Crippen LogP contribution in [0.1, 0.15) is 69.3 Å². The van der Waals surface area contributed by atoms with Crippen molar-refractivity contribution >= 4 is 52.2 Å². The van der Waals surface area contributed by atoms with Crippen molar-refractivity contribution in [2.24, 2.45) is 16.8 Å². The maximum absolute atomic E-state index is 14.8. The summed E-state index contributed by atoms with van der Waals surface area (Å²) < 4.78 is 56.7. The highest BCUT2D eigenvalue weighted by molar-refractivity contribution is 7.80. The van der Waals surface area contributed by atoms with E-state index in [1.54, 1.807) is 25.4 Å². The predicted octanol–water partition coefficient (Wildman–Crippen LogP) is 5.75. The number of aryl methyl sites for hydroxylation is 1. The van der Waals surface area contributed by atoms with Crippen molar-refractivity contribution < 1.29 is 31.9 Å². The molecule has 2 aliphatic rings. The van der Waals surface area contributed by atoms with Crippen molar-refractivity contribution in [1.82, 2.24) is 31.2 Å². The van der Waals surface area contributed by atoms with E-state index in [-0.39, 0.29) is 42.7 Å². The Morgan fingerprint density at radius 3 is 2.38 bits per heavy atom. The molecule has 15 heteroatoms. The number of nitrogens with zero attached hydrogens (tertiary/aromatic N) is 2. The summed E-state index contributed by atoms with van der Waals surface area (Å²) in [7, 11) is 1.91. The number of benzene rings is 2. The summed E-state index contributed by atoms with van der Waals surface area (Å²) in [5.41, 5.74) is -0.584. The number of hydrogen-bond acceptors (Lipinski definition) is 6. The fourth-order valence-electron chi connectivity index (χ4n) is 7.03. The Bertz CT molecular complexity index is 1980. The third kappa shape index (κ3) is 9.54. The topological polar surface area (TPSA) is 131 Å². The Morgan fingerprint density at radius 2 is 1.73 bits per heavy atom. The zero-order valence-corrected chi connectivity index (χ0v) is 32.5. The van der Waals surface area contributed by atoms with Gasteiger partial charge in [-0.15, -0.1) is 0 Å². The molecular formula is C40H49F4N7O3S. The van der Waals surface area contributed by atoms with Gasteiger partial charge >= 0.3 is 6.18 Å². The van der Waals surface area contributed by atoms with E-state index in [1.165, 1.54) is 24.3 Å². The van der Waals surface area contributed by atoms with Crippen LogP contribution in [0, 0.1) is 17.7 Å². The van der Waals surface area contributed by atoms with Crippen molar-refractivity contribution in [1.29, 1.82) is 0 Å². The van der Waals surface area contributed by atoms with Crippen LogP contribution in [0.15, 0.2) is 59.2 Å². The number of hydrogen-bond donors (Lipinski definition) is 5. The molecule has 3 aromatic rings. The molecule has 55 heavy (non-hydrogen) atoms. The highest BCUT2D eigenvalue weighted by atomic mass is 32.1. The SMILES string of the molecule is CCC(C)[C@H](NC(=O)Cc1ccccc1F)C(=O)N[C@]1(C(=O)N[C@H](C(=S)NCC2=CCN(C)C=N2)C(C)CC)CCc2[nH]c3c(C(F)(F)F)cccc3c2C1. The van der Waals surface area contributed by atoms with Gasteiger partial charge in [-0.1, -0.05) is 83.1 Å². The minimum Gasteiger partial charge on any atom is -0.372 e. The minimum absolute atomic E-state index is 0.0463. The maximum atomic E-state index is 14.8. The largest absolute Gasteiger partial charge is 0.418 e. The number of rotatable bonds is 14. The van der Waals surface area contributed by atoms with Crippen LogP contribution in [0.4, 0.5) is 17.6 Å². The molecule has 2 aromatic carbocycles. The fraction of sp³-hybridized carbons (Fsp3) is 0.475. The fourth-order valence-corrected chi connectivity index (χ4v) is 7.39. The van der Waals surface area contributed by atoms with Crippen LogP contribution in [0.25, 0.3) is 10.9 Å². The Kier molecular flexibility index (Phi) is 13.0. The van der Waals surface area contributed by atoms with Crippen LogP contribution in [0.2, 0.25) is 0 Å². The lowest BCUT2D eigenvalue weighted by Gasteiger charge is -2.40. The van der Waals surface area contributed by atoms with Gasteiger partial charge in [0, 0.05) is 31.1 Å². The summed E-state index contributed by atoms with van der Waals surface area (Å²) in [4.78, 5) is 52.1. The molecule has 5 N–H and O–H groups in total. The van der Waals surface area contributed by atoms with E-state index in [9.17, 15) is 31.9 Å². The van der Waals surface area contributed by atoms with E-state index in [1.807, 2.05) is 38.8 Å². The summed E-state index contributed by atoms with van der Waals surface area (Å²) in [5, 5.41) is 12.4. The average Bonchev–Trinajstić information content (AvgIpc) is 3.53. The van der Waals surface area contributed by atoms with Gasteiger partial charge in [0.2, 0.25) is 17.7 Å². The lowest BCUT2D eigenvalue weighted by atomic mass is 9.78. The molecular weight excluding hydrogens is 735 g/mol. The average molecular weight is 784 g/mol. The molecule has 5 atom stereocenters. The molecule has 0 radical (unpaired) electrons. The Balaban J connectivity index is 1.48. The number of halogens is 4. The van der Waals surface area contributed by atoms with Gasteiger partial charge in [0.05, 0.1) is 47.1 Å². The van der Waals surface area contributed by atoms with E-state index >= 15 is 0 Å². The smallest absolute Gasteiger partial charge is 0.372 e. The molecule has 1 aliphatic heterocycles. The number of H-pyrrole nitrogens is 1. The van der Waals surface area contributed by atoms with Gasteiger partial charge in [-0.3, -0.25) is 14.4 Å². The quantitative estimate of drug-likeness (QED) is 0.105. The van der Waals surface area contributed by atoms with Crippen molar-refractivity contribution in [3.63, 3.8) is 0 Å². The first-order chi connectivity index (χ1) is 26.1. The van der Waals surface area contributed by atoms with E-state index < -0.39 is 58.8 Å². The highest BCUT2D eigenvalue weighted by Crippen LogP contribution is 2.40. The van der Waals surface area contributed by atoms with Crippen LogP contribution in [-0.2, 0) is 39.8 Å². The van der Waals surface area contributed by atoms with Crippen molar-refractivity contribution in [3.8, 4) is 0 Å². The number of aromatic nitrogens is 1. The molecule has 0 spiro atoms. The molecule has 3 amide bonds. The number of carbonyl (C=O) groups excluding carboxylic acids is 3. The Morgan fingerprint density at radius 1 is 1.02 bits per heavy atom. The molecule has 0 saturated carbocycles. The third-order valence-corrected chi connectivity index (χ3v) is 11.2. The number of nitrogens with one attached hydrogen (secondary N) is 5. The predicted molar refractivity (Wildman–Crippen MR) is 209 cm³/mol. The summed E-state index contributed by atoms with van der Waals surface area (Å²) in [5.74, 6) is -2.87. The van der Waals surface area contributed by atoms with Gasteiger partial charge in [-0.05, 0) is 54.0 Å². The summed E-state index contributed by atoms with van der Waals surface area (Å²) >= 11 is 5.83. The van der Waals surface area contributed by atoms with E-state index in [0.29, 0.717) is 47.6 Å². The number of para-hydroxylation sites is 1. The molecule has 0 saturated heterocycles. The van der Waals surface area contributed by atoms with E-state index in [0.717, 1.165) is 11.8 Å². The van der Waals surface area contributed by atoms with E-state index in [4.69, 9.17) is 12.2 Å². The lowest BCUT2D eigenvalue weighted by molar-refractivity contribution is -0.137. The molecule has 2 heterocycles. The lowest BCUT2D eigenvalue weighted by Crippen LogP contribution is -2.67. The van der Waals surface area contributed by atoms with Gasteiger partial charge in [-0.2, -0.15) is 13.2 Å². The first-order valence-electron chi connectivity index (χ1n) is 18.6.